The van der Waals surface area contributed by atoms with Crippen molar-refractivity contribution in [3.8, 4) is 17.1 Å². The van der Waals surface area contributed by atoms with Gasteiger partial charge in [-0.3, -0.25) is 4.79 Å². The summed E-state index contributed by atoms with van der Waals surface area (Å²) < 4.78 is 10.9. The number of hydrogen-bond donors (Lipinski definition) is 2. The Hall–Kier alpha value is -3.28. The van der Waals surface area contributed by atoms with Gasteiger partial charge in [0.25, 0.3) is 0 Å². The topological polar surface area (TPSA) is 90.4 Å². The second-order valence-electron chi connectivity index (χ2n) is 5.59. The number of anilines is 1. The van der Waals surface area contributed by atoms with Crippen molar-refractivity contribution in [1.82, 2.24) is 4.98 Å². The van der Waals surface area contributed by atoms with E-state index in [1.54, 1.807) is 25.4 Å². The van der Waals surface area contributed by atoms with Crippen molar-refractivity contribution in [3.05, 3.63) is 65.7 Å². The van der Waals surface area contributed by atoms with E-state index >= 15 is 0 Å². The van der Waals surface area contributed by atoms with Crippen molar-refractivity contribution in [2.45, 2.75) is 13.5 Å². The number of carbonyl (C=O) groups is 1. The van der Waals surface area contributed by atoms with Crippen LogP contribution >= 0.6 is 0 Å². The van der Waals surface area contributed by atoms with Crippen LogP contribution in [-0.2, 0) is 6.54 Å². The summed E-state index contributed by atoms with van der Waals surface area (Å²) in [5.41, 5.74) is 8.53. The number of primary amides is 1. The van der Waals surface area contributed by atoms with E-state index in [0.717, 1.165) is 22.6 Å². The number of methoxy groups -OCH3 is 1. The quantitative estimate of drug-likeness (QED) is 0.720. The highest BCUT2D eigenvalue weighted by Crippen LogP contribution is 2.24. The predicted molar refractivity (Wildman–Crippen MR) is 95.5 cm³/mol. The normalized spacial score (nSPS) is 10.5. The lowest BCUT2D eigenvalue weighted by atomic mass is 10.1. The molecule has 1 heterocycles. The number of aryl methyl sites for hydroxylation is 1. The fourth-order valence-electron chi connectivity index (χ4n) is 2.42. The summed E-state index contributed by atoms with van der Waals surface area (Å²) >= 11 is 0. The predicted octanol–water partition coefficient (Wildman–Crippen LogP) is 3.37. The monoisotopic (exact) mass is 337 g/mol. The minimum atomic E-state index is -0.457. The van der Waals surface area contributed by atoms with Gasteiger partial charge in [-0.15, -0.1) is 0 Å². The summed E-state index contributed by atoms with van der Waals surface area (Å²) in [6, 6.07) is 12.8. The minimum Gasteiger partial charge on any atom is -0.497 e. The van der Waals surface area contributed by atoms with E-state index in [1.807, 2.05) is 37.3 Å². The molecule has 0 saturated heterocycles. The molecule has 0 bridgehead atoms. The second kappa shape index (κ2) is 7.09. The van der Waals surface area contributed by atoms with Crippen LogP contribution in [0.3, 0.4) is 0 Å². The molecule has 0 atom stereocenters. The van der Waals surface area contributed by atoms with E-state index in [2.05, 4.69) is 10.3 Å². The molecule has 25 heavy (non-hydrogen) atoms. The maximum atomic E-state index is 11.3. The number of nitrogens with zero attached hydrogens (tertiary/aromatic N) is 1. The van der Waals surface area contributed by atoms with Crippen molar-refractivity contribution in [2.24, 2.45) is 5.73 Å². The average Bonchev–Trinajstić information content (AvgIpc) is 3.10. The number of amides is 1. The van der Waals surface area contributed by atoms with Crippen LogP contribution in [0, 0.1) is 6.92 Å². The average molecular weight is 337 g/mol. The van der Waals surface area contributed by atoms with Crippen LogP contribution in [0.1, 0.15) is 21.8 Å². The van der Waals surface area contributed by atoms with Crippen molar-refractivity contribution in [2.75, 3.05) is 12.4 Å². The van der Waals surface area contributed by atoms with Gasteiger partial charge in [0, 0.05) is 16.8 Å². The van der Waals surface area contributed by atoms with Crippen molar-refractivity contribution >= 4 is 11.6 Å². The number of hydrogen-bond acceptors (Lipinski definition) is 5. The number of nitrogens with one attached hydrogen (secondary N) is 1. The lowest BCUT2D eigenvalue weighted by Crippen LogP contribution is -2.11. The Labute approximate surface area is 145 Å². The molecule has 1 aromatic heterocycles. The second-order valence-corrected chi connectivity index (χ2v) is 5.59. The molecule has 0 aliphatic rings. The van der Waals surface area contributed by atoms with Crippen LogP contribution in [0.15, 0.2) is 53.1 Å². The van der Waals surface area contributed by atoms with Gasteiger partial charge in [-0.2, -0.15) is 0 Å². The third-order valence-corrected chi connectivity index (χ3v) is 3.88. The third kappa shape index (κ3) is 3.80. The van der Waals surface area contributed by atoms with E-state index in [9.17, 15) is 4.79 Å². The van der Waals surface area contributed by atoms with Crippen LogP contribution in [0.25, 0.3) is 11.3 Å². The van der Waals surface area contributed by atoms with E-state index in [4.69, 9.17) is 14.9 Å². The highest BCUT2D eigenvalue weighted by molar-refractivity contribution is 5.94. The Bertz CT molecular complexity index is 885. The zero-order valence-corrected chi connectivity index (χ0v) is 14.1. The zero-order chi connectivity index (χ0) is 17.8. The molecule has 0 unspecified atom stereocenters. The first-order valence-electron chi connectivity index (χ1n) is 7.80. The van der Waals surface area contributed by atoms with Gasteiger partial charge in [0.05, 0.1) is 19.9 Å². The number of rotatable bonds is 6. The number of carbonyl (C=O) groups excluding carboxylic acids is 1. The van der Waals surface area contributed by atoms with Crippen LogP contribution in [0.2, 0.25) is 0 Å². The summed E-state index contributed by atoms with van der Waals surface area (Å²) in [6.45, 7) is 2.35. The smallest absolute Gasteiger partial charge is 0.248 e. The van der Waals surface area contributed by atoms with E-state index in [-0.39, 0.29) is 0 Å². The molecule has 2 aromatic carbocycles. The lowest BCUT2D eigenvalue weighted by molar-refractivity contribution is 0.100. The Morgan fingerprint density at radius 3 is 2.68 bits per heavy atom. The Kier molecular flexibility index (Phi) is 4.70. The first kappa shape index (κ1) is 16.6. The molecule has 6 heteroatoms. The molecule has 0 saturated carbocycles. The molecule has 0 aliphatic carbocycles. The van der Waals surface area contributed by atoms with Crippen molar-refractivity contribution in [3.63, 3.8) is 0 Å². The SMILES string of the molecule is COc1ccc(-c2cnc(CNc3cc(C(N)=O)ccc3C)o2)cc1. The summed E-state index contributed by atoms with van der Waals surface area (Å²) in [5, 5.41) is 3.22. The number of oxazole rings is 1. The maximum Gasteiger partial charge on any atom is 0.248 e. The minimum absolute atomic E-state index is 0.402. The van der Waals surface area contributed by atoms with Crippen LogP contribution in [0.5, 0.6) is 5.75 Å². The van der Waals surface area contributed by atoms with Crippen molar-refractivity contribution < 1.29 is 13.9 Å². The molecule has 0 radical (unpaired) electrons. The van der Waals surface area contributed by atoms with Gasteiger partial charge in [-0.05, 0) is 48.9 Å². The molecule has 3 N–H and O–H groups in total. The van der Waals surface area contributed by atoms with E-state index < -0.39 is 5.91 Å². The number of aromatic nitrogens is 1. The standard InChI is InChI=1S/C19H19N3O3/c1-12-3-4-14(19(20)23)9-16(12)21-11-18-22-10-17(25-18)13-5-7-15(24-2)8-6-13/h3-10,21H,11H2,1-2H3,(H2,20,23). The summed E-state index contributed by atoms with van der Waals surface area (Å²) in [6.07, 6.45) is 1.69. The molecule has 3 rings (SSSR count). The van der Waals surface area contributed by atoms with Crippen molar-refractivity contribution in [1.29, 1.82) is 0 Å². The Morgan fingerprint density at radius 2 is 2.00 bits per heavy atom. The molecular formula is C19H19N3O3. The van der Waals surface area contributed by atoms with Gasteiger partial charge in [-0.25, -0.2) is 4.98 Å². The van der Waals surface area contributed by atoms with Crippen LogP contribution < -0.4 is 15.8 Å². The van der Waals surface area contributed by atoms with Gasteiger partial charge in [0.15, 0.2) is 5.76 Å². The van der Waals surface area contributed by atoms with Gasteiger partial charge in [0.2, 0.25) is 11.8 Å². The lowest BCUT2D eigenvalue weighted by Gasteiger charge is -2.09. The third-order valence-electron chi connectivity index (χ3n) is 3.88. The first-order valence-corrected chi connectivity index (χ1v) is 7.80. The van der Waals surface area contributed by atoms with Crippen LogP contribution in [-0.4, -0.2) is 18.0 Å². The van der Waals surface area contributed by atoms with E-state index in [0.29, 0.717) is 23.8 Å². The van der Waals surface area contributed by atoms with Gasteiger partial charge in [-0.1, -0.05) is 6.07 Å². The molecule has 1 amide bonds. The Balaban J connectivity index is 1.71. The molecule has 0 fully saturated rings. The van der Waals surface area contributed by atoms with Crippen LogP contribution in [0.4, 0.5) is 5.69 Å². The molecule has 128 valence electrons. The number of nitrogens with two attached hydrogens (primary N) is 1. The zero-order valence-electron chi connectivity index (χ0n) is 14.1. The summed E-state index contributed by atoms with van der Waals surface area (Å²) in [4.78, 5) is 15.6. The largest absolute Gasteiger partial charge is 0.497 e. The molecule has 6 nitrogen and oxygen atoms in total. The summed E-state index contributed by atoms with van der Waals surface area (Å²) in [5.74, 6) is 1.56. The number of ether oxygens (including phenoxy) is 1. The fourth-order valence-corrected chi connectivity index (χ4v) is 2.42. The van der Waals surface area contributed by atoms with E-state index in [1.165, 1.54) is 0 Å². The first-order chi connectivity index (χ1) is 12.1. The van der Waals surface area contributed by atoms with Gasteiger partial charge in [0.1, 0.15) is 5.75 Å². The fraction of sp³-hybridized carbons (Fsp3) is 0.158. The molecular weight excluding hydrogens is 318 g/mol. The number of benzene rings is 2. The highest BCUT2D eigenvalue weighted by Gasteiger charge is 2.09. The maximum absolute atomic E-state index is 11.3. The summed E-state index contributed by atoms with van der Waals surface area (Å²) in [7, 11) is 1.63. The Morgan fingerprint density at radius 1 is 1.24 bits per heavy atom. The van der Waals surface area contributed by atoms with Gasteiger partial charge >= 0.3 is 0 Å². The molecule has 3 aromatic rings. The van der Waals surface area contributed by atoms with Gasteiger partial charge < -0.3 is 20.2 Å². The molecule has 0 spiro atoms. The highest BCUT2D eigenvalue weighted by atomic mass is 16.5. The molecule has 0 aliphatic heterocycles.